The van der Waals surface area contributed by atoms with Crippen molar-refractivity contribution < 1.29 is 17.5 Å². The van der Waals surface area contributed by atoms with Gasteiger partial charge in [-0.2, -0.15) is 5.26 Å². The van der Waals surface area contributed by atoms with E-state index >= 15 is 4.39 Å². The van der Waals surface area contributed by atoms with Crippen LogP contribution in [0.5, 0.6) is 5.75 Å². The van der Waals surface area contributed by atoms with Crippen molar-refractivity contribution >= 4 is 10.0 Å². The Bertz CT molecular complexity index is 1020. The molecule has 0 radical (unpaired) electrons. The van der Waals surface area contributed by atoms with Crippen molar-refractivity contribution in [3.05, 3.63) is 65.2 Å². The van der Waals surface area contributed by atoms with Gasteiger partial charge < -0.3 is 4.74 Å². The summed E-state index contributed by atoms with van der Waals surface area (Å²) < 4.78 is 49.0. The molecule has 1 aliphatic carbocycles. The molecule has 7 heteroatoms. The van der Waals surface area contributed by atoms with E-state index in [1.54, 1.807) is 50.2 Å². The summed E-state index contributed by atoms with van der Waals surface area (Å²) in [5.41, 5.74) is 0.0239. The van der Waals surface area contributed by atoms with E-state index < -0.39 is 27.0 Å². The maximum absolute atomic E-state index is 16.0. The lowest BCUT2D eigenvalue weighted by Crippen LogP contribution is -2.51. The molecule has 0 spiro atoms. The van der Waals surface area contributed by atoms with E-state index in [4.69, 9.17) is 10.00 Å². The van der Waals surface area contributed by atoms with Crippen LogP contribution in [-0.2, 0) is 22.3 Å². The Hall–Kier alpha value is -2.43. The van der Waals surface area contributed by atoms with Crippen LogP contribution in [0, 0.1) is 11.3 Å². The molecule has 0 aromatic heterocycles. The summed E-state index contributed by atoms with van der Waals surface area (Å²) in [6.07, 6.45) is 2.23. The largest absolute Gasteiger partial charge is 0.489 e. The van der Waals surface area contributed by atoms with Crippen LogP contribution < -0.4 is 9.46 Å². The smallest absolute Gasteiger partial charge is 0.214 e. The minimum atomic E-state index is -3.57. The van der Waals surface area contributed by atoms with Crippen LogP contribution in [-0.4, -0.2) is 19.7 Å². The third kappa shape index (κ3) is 4.82. The Morgan fingerprint density at radius 3 is 2.57 bits per heavy atom. The van der Waals surface area contributed by atoms with E-state index in [2.05, 4.69) is 10.8 Å². The number of nitrogens with zero attached hydrogens (tertiary/aromatic N) is 1. The summed E-state index contributed by atoms with van der Waals surface area (Å²) in [5.74, 6) is 0.560. The second-order valence-electron chi connectivity index (χ2n) is 7.95. The normalized spacial score (nSPS) is 21.9. The van der Waals surface area contributed by atoms with Gasteiger partial charge in [-0.25, -0.2) is 17.5 Å². The van der Waals surface area contributed by atoms with Crippen molar-refractivity contribution in [2.75, 3.05) is 0 Å². The van der Waals surface area contributed by atoms with E-state index in [1.807, 2.05) is 12.1 Å². The minimum Gasteiger partial charge on any atom is -0.489 e. The quantitative estimate of drug-likeness (QED) is 0.698. The topological polar surface area (TPSA) is 79.2 Å². The minimum absolute atomic E-state index is 0.237. The van der Waals surface area contributed by atoms with Crippen molar-refractivity contribution in [2.24, 2.45) is 0 Å². The molecule has 0 amide bonds. The number of nitriles is 1. The predicted octanol–water partition coefficient (Wildman–Crippen LogP) is 4.57. The Labute approximate surface area is 177 Å². The molecular weight excluding hydrogens is 403 g/mol. The van der Waals surface area contributed by atoms with Gasteiger partial charge in [-0.05, 0) is 56.9 Å². The van der Waals surface area contributed by atoms with Crippen LogP contribution in [0.2, 0.25) is 0 Å². The zero-order chi connectivity index (χ0) is 21.8. The monoisotopic (exact) mass is 430 g/mol. The van der Waals surface area contributed by atoms with Crippen molar-refractivity contribution in [2.45, 2.75) is 63.1 Å². The third-order valence-corrected chi connectivity index (χ3v) is 7.48. The molecule has 5 nitrogen and oxygen atoms in total. The van der Waals surface area contributed by atoms with Crippen molar-refractivity contribution in [1.29, 1.82) is 5.26 Å². The fourth-order valence-electron chi connectivity index (χ4n) is 3.71. The van der Waals surface area contributed by atoms with Crippen LogP contribution in [0.1, 0.15) is 56.2 Å². The van der Waals surface area contributed by atoms with E-state index in [9.17, 15) is 8.42 Å². The van der Waals surface area contributed by atoms with Gasteiger partial charge in [0.25, 0.3) is 0 Å². The number of alkyl halides is 1. The number of nitrogens with one attached hydrogen (secondary N) is 1. The van der Waals surface area contributed by atoms with Crippen LogP contribution in [0.4, 0.5) is 4.39 Å². The van der Waals surface area contributed by atoms with Gasteiger partial charge in [0.05, 0.1) is 22.9 Å². The molecule has 1 aliphatic rings. The highest BCUT2D eigenvalue weighted by Gasteiger charge is 2.44. The van der Waals surface area contributed by atoms with E-state index in [-0.39, 0.29) is 13.0 Å². The molecule has 30 heavy (non-hydrogen) atoms. The fourth-order valence-corrected chi connectivity index (χ4v) is 4.68. The number of hydrogen-bond donors (Lipinski definition) is 1. The number of sulfonamides is 1. The molecule has 0 unspecified atom stereocenters. The first-order chi connectivity index (χ1) is 14.3. The van der Waals surface area contributed by atoms with Gasteiger partial charge in [0, 0.05) is 5.56 Å². The van der Waals surface area contributed by atoms with Crippen molar-refractivity contribution in [3.8, 4) is 11.8 Å². The summed E-state index contributed by atoms with van der Waals surface area (Å²) in [4.78, 5) is 0. The lowest BCUT2D eigenvalue weighted by molar-refractivity contribution is 0.0711. The molecule has 1 fully saturated rings. The lowest BCUT2D eigenvalue weighted by Gasteiger charge is -2.38. The summed E-state index contributed by atoms with van der Waals surface area (Å²) in [5, 5.41) is 8.55. The Kier molecular flexibility index (Phi) is 6.79. The average molecular weight is 431 g/mol. The van der Waals surface area contributed by atoms with Gasteiger partial charge in [0.2, 0.25) is 10.0 Å². The molecule has 160 valence electrons. The van der Waals surface area contributed by atoms with Gasteiger partial charge >= 0.3 is 0 Å². The highest BCUT2D eigenvalue weighted by atomic mass is 32.2. The third-order valence-electron chi connectivity index (χ3n) is 5.63. The van der Waals surface area contributed by atoms with Crippen LogP contribution in [0.3, 0.4) is 0 Å². The van der Waals surface area contributed by atoms with Crippen LogP contribution >= 0.6 is 0 Å². The molecule has 1 N–H and O–H groups in total. The van der Waals surface area contributed by atoms with Gasteiger partial charge in [0.15, 0.2) is 5.67 Å². The predicted molar refractivity (Wildman–Crippen MR) is 114 cm³/mol. The van der Waals surface area contributed by atoms with Gasteiger partial charge in [0.1, 0.15) is 12.4 Å². The number of halogens is 1. The lowest BCUT2D eigenvalue weighted by atomic mass is 9.77. The standard InChI is InChI=1S/C23H27FN2O3S/c1-17(2)30(27,28)26-22-9-5-6-14-23(22,24)20-10-12-21(13-11-20)29-16-19-8-4-3-7-18(19)15-25/h3-4,7-8,10-13,17,22,26H,5-6,9,14,16H2,1-2H3/t22-,23-/m1/s1. The van der Waals surface area contributed by atoms with E-state index in [0.29, 0.717) is 29.7 Å². The average Bonchev–Trinajstić information content (AvgIpc) is 2.74. The summed E-state index contributed by atoms with van der Waals surface area (Å²) in [7, 11) is -3.57. The fraction of sp³-hybridized carbons (Fsp3) is 0.435. The molecule has 2 aromatic rings. The molecule has 2 aromatic carbocycles. The molecule has 0 bridgehead atoms. The maximum Gasteiger partial charge on any atom is 0.214 e. The van der Waals surface area contributed by atoms with Gasteiger partial charge in [-0.3, -0.25) is 0 Å². The Balaban J connectivity index is 1.75. The first kappa shape index (κ1) is 22.3. The molecular formula is C23H27FN2O3S. The first-order valence-corrected chi connectivity index (χ1v) is 11.7. The zero-order valence-electron chi connectivity index (χ0n) is 17.3. The Morgan fingerprint density at radius 1 is 1.20 bits per heavy atom. The second kappa shape index (κ2) is 9.15. The van der Waals surface area contributed by atoms with Crippen molar-refractivity contribution in [3.63, 3.8) is 0 Å². The molecule has 3 rings (SSSR count). The maximum atomic E-state index is 16.0. The van der Waals surface area contributed by atoms with Gasteiger partial charge in [-0.1, -0.05) is 36.8 Å². The second-order valence-corrected chi connectivity index (χ2v) is 10.2. The van der Waals surface area contributed by atoms with E-state index in [0.717, 1.165) is 12.0 Å². The molecule has 0 heterocycles. The molecule has 0 saturated heterocycles. The Morgan fingerprint density at radius 2 is 1.90 bits per heavy atom. The number of rotatable bonds is 7. The first-order valence-electron chi connectivity index (χ1n) is 10.2. The van der Waals surface area contributed by atoms with Gasteiger partial charge in [-0.15, -0.1) is 0 Å². The molecule has 0 aliphatic heterocycles. The number of benzene rings is 2. The van der Waals surface area contributed by atoms with E-state index in [1.165, 1.54) is 0 Å². The number of ether oxygens (including phenoxy) is 1. The SMILES string of the molecule is CC(C)S(=O)(=O)N[C@@H]1CCCC[C@@]1(F)c1ccc(OCc2ccccc2C#N)cc1. The van der Waals surface area contributed by atoms with Crippen molar-refractivity contribution in [1.82, 2.24) is 4.72 Å². The van der Waals surface area contributed by atoms with Crippen LogP contribution in [0.25, 0.3) is 0 Å². The zero-order valence-corrected chi connectivity index (χ0v) is 18.1. The molecule has 2 atom stereocenters. The number of hydrogen-bond acceptors (Lipinski definition) is 4. The summed E-state index contributed by atoms with van der Waals surface area (Å²) in [6, 6.07) is 15.3. The molecule has 1 saturated carbocycles. The van der Waals surface area contributed by atoms with Crippen LogP contribution in [0.15, 0.2) is 48.5 Å². The highest BCUT2D eigenvalue weighted by molar-refractivity contribution is 7.90. The summed E-state index contributed by atoms with van der Waals surface area (Å²) >= 11 is 0. The summed E-state index contributed by atoms with van der Waals surface area (Å²) in [6.45, 7) is 3.41. The highest BCUT2D eigenvalue weighted by Crippen LogP contribution is 2.42.